The summed E-state index contributed by atoms with van der Waals surface area (Å²) in [5.74, 6) is -1.11. The van der Waals surface area contributed by atoms with Gasteiger partial charge in [0.15, 0.2) is 0 Å². The second-order valence-electron chi connectivity index (χ2n) is 1.99. The van der Waals surface area contributed by atoms with Gasteiger partial charge in [0.25, 0.3) is 0 Å². The summed E-state index contributed by atoms with van der Waals surface area (Å²) in [5, 5.41) is 18.0. The lowest BCUT2D eigenvalue weighted by atomic mass is 10.2. The first-order chi connectivity index (χ1) is 4.68. The van der Waals surface area contributed by atoms with E-state index in [0.717, 1.165) is 6.54 Å². The molecule has 0 heterocycles. The number of carboxylic acids is 1. The van der Waals surface area contributed by atoms with E-state index in [-0.39, 0.29) is 5.71 Å². The molecule has 0 aromatic rings. The molecule has 0 unspecified atom stereocenters. The van der Waals surface area contributed by atoms with Crippen LogP contribution in [0.5, 0.6) is 0 Å². The van der Waals surface area contributed by atoms with Crippen molar-refractivity contribution in [2.24, 2.45) is 0 Å². The zero-order valence-electron chi connectivity index (χ0n) is 5.98. The van der Waals surface area contributed by atoms with Crippen molar-refractivity contribution in [2.45, 2.75) is 12.8 Å². The highest BCUT2D eigenvalue weighted by Gasteiger charge is 2.03. The molecule has 4 heteroatoms. The Labute approximate surface area is 59.8 Å². The molecule has 0 aliphatic rings. The number of hydrogen-bond acceptors (Lipinski definition) is 3. The zero-order chi connectivity index (χ0) is 7.98. The summed E-state index contributed by atoms with van der Waals surface area (Å²) >= 11 is 0. The van der Waals surface area contributed by atoms with Gasteiger partial charge in [0, 0.05) is 0 Å². The molecular weight excluding hydrogens is 132 g/mol. The first-order valence-electron chi connectivity index (χ1n) is 3.13. The van der Waals surface area contributed by atoms with E-state index in [1.807, 2.05) is 0 Å². The van der Waals surface area contributed by atoms with Gasteiger partial charge in [0.1, 0.15) is 5.71 Å². The van der Waals surface area contributed by atoms with Crippen molar-refractivity contribution >= 4 is 11.7 Å². The van der Waals surface area contributed by atoms with Gasteiger partial charge in [-0.15, -0.1) is 0 Å². The molecule has 0 radical (unpaired) electrons. The summed E-state index contributed by atoms with van der Waals surface area (Å²) in [4.78, 5) is 10.0. The fraction of sp³-hybridized carbons (Fsp3) is 0.667. The van der Waals surface area contributed by atoms with Crippen LogP contribution >= 0.6 is 0 Å². The Morgan fingerprint density at radius 3 is 2.70 bits per heavy atom. The summed E-state index contributed by atoms with van der Waals surface area (Å²) in [5.41, 5.74) is -0.213. The third-order valence-corrected chi connectivity index (χ3v) is 1.11. The maximum atomic E-state index is 10.0. The first-order valence-corrected chi connectivity index (χ1v) is 3.13. The first kappa shape index (κ1) is 9.10. The Bertz CT molecular complexity index is 134. The minimum Gasteiger partial charge on any atom is -0.477 e. The minimum atomic E-state index is -1.11. The standard InChI is InChI=1S/C6H12N2O2/c1-8-4-2-3-5(7)6(9)10/h7-8H,2-4H2,1H3,(H,9,10). The van der Waals surface area contributed by atoms with E-state index in [1.54, 1.807) is 7.05 Å². The average molecular weight is 144 g/mol. The molecule has 0 bridgehead atoms. The van der Waals surface area contributed by atoms with Gasteiger partial charge < -0.3 is 10.4 Å². The van der Waals surface area contributed by atoms with Gasteiger partial charge in [-0.3, -0.25) is 5.41 Å². The van der Waals surface area contributed by atoms with Crippen molar-refractivity contribution < 1.29 is 9.90 Å². The quantitative estimate of drug-likeness (QED) is 0.378. The molecule has 10 heavy (non-hydrogen) atoms. The monoisotopic (exact) mass is 144 g/mol. The second-order valence-corrected chi connectivity index (χ2v) is 1.99. The van der Waals surface area contributed by atoms with Crippen LogP contribution in [0.25, 0.3) is 0 Å². The summed E-state index contributed by atoms with van der Waals surface area (Å²) in [6, 6.07) is 0. The SMILES string of the molecule is CNCCCC(=N)C(=O)O. The van der Waals surface area contributed by atoms with Crippen LogP contribution in [0.4, 0.5) is 0 Å². The van der Waals surface area contributed by atoms with Crippen molar-refractivity contribution in [3.8, 4) is 0 Å². The fourth-order valence-corrected chi connectivity index (χ4v) is 0.549. The van der Waals surface area contributed by atoms with E-state index in [2.05, 4.69) is 5.32 Å². The van der Waals surface area contributed by atoms with Gasteiger partial charge in [-0.2, -0.15) is 0 Å². The minimum absolute atomic E-state index is 0.213. The second kappa shape index (κ2) is 4.93. The van der Waals surface area contributed by atoms with Crippen LogP contribution in [0.15, 0.2) is 0 Å². The van der Waals surface area contributed by atoms with Crippen LogP contribution < -0.4 is 5.32 Å². The molecule has 0 fully saturated rings. The predicted molar refractivity (Wildman–Crippen MR) is 38.5 cm³/mol. The molecule has 0 spiro atoms. The van der Waals surface area contributed by atoms with E-state index in [9.17, 15) is 4.79 Å². The Hall–Kier alpha value is -0.900. The van der Waals surface area contributed by atoms with Gasteiger partial charge in [0.05, 0.1) is 0 Å². The van der Waals surface area contributed by atoms with E-state index in [0.29, 0.717) is 12.8 Å². The normalized spacial score (nSPS) is 9.30. The zero-order valence-corrected chi connectivity index (χ0v) is 5.98. The molecule has 0 atom stereocenters. The highest BCUT2D eigenvalue weighted by molar-refractivity contribution is 6.34. The fourth-order valence-electron chi connectivity index (χ4n) is 0.549. The maximum Gasteiger partial charge on any atom is 0.349 e. The molecular formula is C6H12N2O2. The van der Waals surface area contributed by atoms with Crippen molar-refractivity contribution in [1.82, 2.24) is 5.32 Å². The van der Waals surface area contributed by atoms with E-state index in [1.165, 1.54) is 0 Å². The molecule has 0 aliphatic carbocycles. The molecule has 0 saturated carbocycles. The third-order valence-electron chi connectivity index (χ3n) is 1.11. The predicted octanol–water partition coefficient (Wildman–Crippen LogP) is 0.0904. The number of aliphatic carboxylic acids is 1. The Balaban J connectivity index is 3.31. The van der Waals surface area contributed by atoms with E-state index in [4.69, 9.17) is 10.5 Å². The molecule has 0 saturated heterocycles. The molecule has 3 N–H and O–H groups in total. The van der Waals surface area contributed by atoms with Crippen LogP contribution in [0.2, 0.25) is 0 Å². The van der Waals surface area contributed by atoms with Crippen molar-refractivity contribution in [1.29, 1.82) is 5.41 Å². The van der Waals surface area contributed by atoms with Crippen molar-refractivity contribution in [2.75, 3.05) is 13.6 Å². The van der Waals surface area contributed by atoms with Gasteiger partial charge >= 0.3 is 5.97 Å². The maximum absolute atomic E-state index is 10.0. The largest absolute Gasteiger partial charge is 0.477 e. The van der Waals surface area contributed by atoms with Crippen molar-refractivity contribution in [3.63, 3.8) is 0 Å². The van der Waals surface area contributed by atoms with Gasteiger partial charge in [0.2, 0.25) is 0 Å². The number of carboxylic acid groups (broad SMARTS) is 1. The number of nitrogens with one attached hydrogen (secondary N) is 2. The van der Waals surface area contributed by atoms with Crippen LogP contribution in [0, 0.1) is 5.41 Å². The molecule has 0 amide bonds. The summed E-state index contributed by atoms with van der Waals surface area (Å²) in [7, 11) is 1.80. The third kappa shape index (κ3) is 4.03. The number of rotatable bonds is 5. The van der Waals surface area contributed by atoms with Crippen molar-refractivity contribution in [3.05, 3.63) is 0 Å². The van der Waals surface area contributed by atoms with Gasteiger partial charge in [-0.05, 0) is 26.4 Å². The smallest absolute Gasteiger partial charge is 0.349 e. The lowest BCUT2D eigenvalue weighted by molar-refractivity contribution is -0.129. The number of carbonyl (C=O) groups is 1. The van der Waals surface area contributed by atoms with Crippen LogP contribution in [0.1, 0.15) is 12.8 Å². The molecule has 4 nitrogen and oxygen atoms in total. The highest BCUT2D eigenvalue weighted by Crippen LogP contribution is 1.88. The van der Waals surface area contributed by atoms with Gasteiger partial charge in [-0.25, -0.2) is 4.79 Å². The Kier molecular flexibility index (Phi) is 4.49. The highest BCUT2D eigenvalue weighted by atomic mass is 16.4. The molecule has 0 rings (SSSR count). The summed E-state index contributed by atoms with van der Waals surface area (Å²) < 4.78 is 0. The average Bonchev–Trinajstić information content (AvgIpc) is 1.88. The Morgan fingerprint density at radius 2 is 2.30 bits per heavy atom. The topological polar surface area (TPSA) is 73.2 Å². The molecule has 0 aromatic heterocycles. The lowest BCUT2D eigenvalue weighted by Crippen LogP contribution is -2.14. The summed E-state index contributed by atoms with van der Waals surface area (Å²) in [6.45, 7) is 0.760. The summed E-state index contributed by atoms with van der Waals surface area (Å²) in [6.07, 6.45) is 1.05. The van der Waals surface area contributed by atoms with E-state index < -0.39 is 5.97 Å². The molecule has 0 aliphatic heterocycles. The number of hydrogen-bond donors (Lipinski definition) is 3. The van der Waals surface area contributed by atoms with Crippen LogP contribution in [0.3, 0.4) is 0 Å². The molecule has 58 valence electrons. The van der Waals surface area contributed by atoms with E-state index >= 15 is 0 Å². The lowest BCUT2D eigenvalue weighted by Gasteiger charge is -1.96. The van der Waals surface area contributed by atoms with Crippen LogP contribution in [-0.4, -0.2) is 30.4 Å². The van der Waals surface area contributed by atoms with Crippen LogP contribution in [-0.2, 0) is 4.79 Å². The Morgan fingerprint density at radius 1 is 1.70 bits per heavy atom. The van der Waals surface area contributed by atoms with Gasteiger partial charge in [-0.1, -0.05) is 0 Å². The molecule has 0 aromatic carbocycles.